The smallest absolute Gasteiger partial charge is 0.259 e. The maximum absolute atomic E-state index is 13.2. The first-order valence-electron chi connectivity index (χ1n) is 9.48. The first-order valence-corrected chi connectivity index (χ1v) is 10.9. The highest BCUT2D eigenvalue weighted by Gasteiger charge is 2.27. The van der Waals surface area contributed by atoms with Crippen LogP contribution >= 0.6 is 0 Å². The van der Waals surface area contributed by atoms with Gasteiger partial charge in [0.1, 0.15) is 5.75 Å². The Kier molecular flexibility index (Phi) is 6.36. The van der Waals surface area contributed by atoms with Crippen molar-refractivity contribution in [1.82, 2.24) is 4.31 Å². The molecule has 1 saturated heterocycles. The Hall–Kier alpha value is -2.38. The van der Waals surface area contributed by atoms with Crippen LogP contribution in [-0.2, 0) is 10.0 Å². The van der Waals surface area contributed by atoms with E-state index in [0.717, 1.165) is 25.7 Å². The quantitative estimate of drug-likeness (QED) is 0.825. The first kappa shape index (κ1) is 20.4. The summed E-state index contributed by atoms with van der Waals surface area (Å²) in [5, 5.41) is 2.79. The summed E-state index contributed by atoms with van der Waals surface area (Å²) in [4.78, 5) is 12.9. The van der Waals surface area contributed by atoms with Crippen LogP contribution in [0.15, 0.2) is 47.4 Å². The van der Waals surface area contributed by atoms with Crippen LogP contribution in [0.25, 0.3) is 0 Å². The molecule has 7 heteroatoms. The van der Waals surface area contributed by atoms with E-state index in [1.54, 1.807) is 53.7 Å². The van der Waals surface area contributed by atoms with E-state index in [4.69, 9.17) is 4.74 Å². The summed E-state index contributed by atoms with van der Waals surface area (Å²) in [5.41, 5.74) is 1.50. The van der Waals surface area contributed by atoms with Gasteiger partial charge >= 0.3 is 0 Å². The van der Waals surface area contributed by atoms with Crippen molar-refractivity contribution < 1.29 is 17.9 Å². The zero-order valence-corrected chi connectivity index (χ0v) is 17.1. The number of amides is 1. The van der Waals surface area contributed by atoms with E-state index in [2.05, 4.69) is 5.32 Å². The molecule has 0 atom stereocenters. The minimum atomic E-state index is -3.59. The molecule has 0 unspecified atom stereocenters. The van der Waals surface area contributed by atoms with Gasteiger partial charge in [-0.25, -0.2) is 8.42 Å². The molecule has 3 rings (SSSR count). The van der Waals surface area contributed by atoms with E-state index in [1.165, 1.54) is 7.11 Å². The number of hydrogen-bond acceptors (Lipinski definition) is 4. The first-order chi connectivity index (χ1) is 13.4. The fourth-order valence-corrected chi connectivity index (χ4v) is 5.18. The second-order valence-electron chi connectivity index (χ2n) is 6.95. The highest BCUT2D eigenvalue weighted by atomic mass is 32.2. The van der Waals surface area contributed by atoms with E-state index in [-0.39, 0.29) is 10.8 Å². The maximum atomic E-state index is 13.2. The number of nitrogens with one attached hydrogen (secondary N) is 1. The molecule has 1 heterocycles. The van der Waals surface area contributed by atoms with Gasteiger partial charge in [-0.2, -0.15) is 4.31 Å². The molecule has 0 bridgehead atoms. The average Bonchev–Trinajstić information content (AvgIpc) is 2.99. The van der Waals surface area contributed by atoms with Crippen molar-refractivity contribution >= 4 is 21.6 Å². The molecule has 0 spiro atoms. The lowest BCUT2D eigenvalue weighted by Crippen LogP contribution is -2.32. The zero-order chi connectivity index (χ0) is 20.1. The fraction of sp³-hybridized carbons (Fsp3) is 0.381. The van der Waals surface area contributed by atoms with Gasteiger partial charge in [0.05, 0.1) is 17.6 Å². The van der Waals surface area contributed by atoms with Crippen molar-refractivity contribution in [3.05, 3.63) is 53.6 Å². The number of benzene rings is 2. The van der Waals surface area contributed by atoms with Crippen LogP contribution in [0.3, 0.4) is 0 Å². The molecule has 1 aliphatic rings. The van der Waals surface area contributed by atoms with E-state index in [9.17, 15) is 13.2 Å². The van der Waals surface area contributed by atoms with Gasteiger partial charge in [-0.05, 0) is 49.6 Å². The third-order valence-electron chi connectivity index (χ3n) is 4.98. The van der Waals surface area contributed by atoms with Crippen molar-refractivity contribution in [1.29, 1.82) is 0 Å². The number of hydrogen-bond donors (Lipinski definition) is 1. The van der Waals surface area contributed by atoms with Gasteiger partial charge in [-0.15, -0.1) is 0 Å². The number of ether oxygens (including phenoxy) is 1. The summed E-state index contributed by atoms with van der Waals surface area (Å²) in [5.74, 6) is 0.115. The molecular weight excluding hydrogens is 376 g/mol. The second kappa shape index (κ2) is 8.75. The van der Waals surface area contributed by atoms with Gasteiger partial charge in [0.15, 0.2) is 0 Å². The second-order valence-corrected chi connectivity index (χ2v) is 8.86. The molecule has 0 aliphatic carbocycles. The number of rotatable bonds is 5. The topological polar surface area (TPSA) is 75.7 Å². The molecule has 2 aromatic rings. The Balaban J connectivity index is 1.88. The van der Waals surface area contributed by atoms with Crippen molar-refractivity contribution in [2.45, 2.75) is 37.5 Å². The Morgan fingerprint density at radius 1 is 1.04 bits per heavy atom. The maximum Gasteiger partial charge on any atom is 0.259 e. The monoisotopic (exact) mass is 402 g/mol. The van der Waals surface area contributed by atoms with Gasteiger partial charge < -0.3 is 10.1 Å². The number of anilines is 1. The largest absolute Gasteiger partial charge is 0.496 e. The number of carbonyl (C=O) groups is 1. The third kappa shape index (κ3) is 4.36. The lowest BCUT2D eigenvalue weighted by Gasteiger charge is -2.21. The van der Waals surface area contributed by atoms with Crippen LogP contribution < -0.4 is 10.1 Å². The van der Waals surface area contributed by atoms with Crippen LogP contribution in [0.5, 0.6) is 5.75 Å². The Bertz CT molecular complexity index is 949. The van der Waals surface area contributed by atoms with Crippen LogP contribution in [0, 0.1) is 6.92 Å². The summed E-state index contributed by atoms with van der Waals surface area (Å²) >= 11 is 0. The summed E-state index contributed by atoms with van der Waals surface area (Å²) in [6.45, 7) is 2.86. The molecule has 2 aromatic carbocycles. The summed E-state index contributed by atoms with van der Waals surface area (Å²) < 4.78 is 33.1. The van der Waals surface area contributed by atoms with Crippen molar-refractivity contribution in [2.75, 3.05) is 25.5 Å². The van der Waals surface area contributed by atoms with E-state index >= 15 is 0 Å². The number of nitrogens with zero attached hydrogens (tertiary/aromatic N) is 1. The predicted molar refractivity (Wildman–Crippen MR) is 109 cm³/mol. The molecule has 1 fully saturated rings. The Labute approximate surface area is 166 Å². The summed E-state index contributed by atoms with van der Waals surface area (Å²) in [6, 6.07) is 11.9. The van der Waals surface area contributed by atoms with Crippen LogP contribution in [0.2, 0.25) is 0 Å². The molecule has 1 amide bonds. The summed E-state index contributed by atoms with van der Waals surface area (Å²) in [7, 11) is -2.09. The lowest BCUT2D eigenvalue weighted by molar-refractivity contribution is 0.102. The van der Waals surface area contributed by atoms with Crippen LogP contribution in [-0.4, -0.2) is 38.8 Å². The molecule has 0 aromatic heterocycles. The van der Waals surface area contributed by atoms with Crippen molar-refractivity contribution in [3.8, 4) is 5.75 Å². The number of carbonyl (C=O) groups excluding carboxylic acids is 1. The molecule has 0 radical (unpaired) electrons. The fourth-order valence-electron chi connectivity index (χ4n) is 3.41. The van der Waals surface area contributed by atoms with Crippen LogP contribution in [0.4, 0.5) is 5.69 Å². The zero-order valence-electron chi connectivity index (χ0n) is 16.3. The number of methoxy groups -OCH3 is 1. The molecular formula is C21H26N2O4S. The Morgan fingerprint density at radius 3 is 2.39 bits per heavy atom. The lowest BCUT2D eigenvalue weighted by atomic mass is 10.1. The molecule has 0 saturated carbocycles. The third-order valence-corrected chi connectivity index (χ3v) is 7.02. The van der Waals surface area contributed by atoms with Crippen molar-refractivity contribution in [3.63, 3.8) is 0 Å². The predicted octanol–water partition coefficient (Wildman–Crippen LogP) is 3.82. The highest BCUT2D eigenvalue weighted by molar-refractivity contribution is 7.89. The molecule has 28 heavy (non-hydrogen) atoms. The van der Waals surface area contributed by atoms with Gasteiger partial charge in [-0.1, -0.05) is 31.0 Å². The van der Waals surface area contributed by atoms with Crippen LogP contribution in [0.1, 0.15) is 41.6 Å². The van der Waals surface area contributed by atoms with Gasteiger partial charge in [-0.3, -0.25) is 4.79 Å². The highest BCUT2D eigenvalue weighted by Crippen LogP contribution is 2.26. The van der Waals surface area contributed by atoms with E-state index < -0.39 is 10.0 Å². The molecule has 1 aliphatic heterocycles. The normalized spacial score (nSPS) is 15.6. The molecule has 6 nitrogen and oxygen atoms in total. The number of sulfonamides is 1. The standard InChI is InChI=1S/C21H26N2O4S/c1-16-11-12-17(22-21(24)18-9-5-6-10-19(18)27-2)15-20(16)28(25,26)23-13-7-3-4-8-14-23/h5-6,9-12,15H,3-4,7-8,13-14H2,1-2H3,(H,22,24). The van der Waals surface area contributed by atoms with Gasteiger partial charge in [0, 0.05) is 18.8 Å². The minimum Gasteiger partial charge on any atom is -0.496 e. The summed E-state index contributed by atoms with van der Waals surface area (Å²) in [6.07, 6.45) is 3.87. The SMILES string of the molecule is COc1ccccc1C(=O)Nc1ccc(C)c(S(=O)(=O)N2CCCCCC2)c1. The Morgan fingerprint density at radius 2 is 1.71 bits per heavy atom. The minimum absolute atomic E-state index is 0.243. The molecule has 1 N–H and O–H groups in total. The number of para-hydroxylation sites is 1. The van der Waals surface area contributed by atoms with E-state index in [1.807, 2.05) is 0 Å². The number of aryl methyl sites for hydroxylation is 1. The van der Waals surface area contributed by atoms with Crippen molar-refractivity contribution in [2.24, 2.45) is 0 Å². The average molecular weight is 403 g/mol. The van der Waals surface area contributed by atoms with Gasteiger partial charge in [0.25, 0.3) is 5.91 Å². The van der Waals surface area contributed by atoms with Gasteiger partial charge in [0.2, 0.25) is 10.0 Å². The van der Waals surface area contributed by atoms with E-state index in [0.29, 0.717) is 35.7 Å². The molecule has 150 valence electrons.